The van der Waals surface area contributed by atoms with Crippen molar-refractivity contribution in [1.29, 1.82) is 0 Å². The van der Waals surface area contributed by atoms with Gasteiger partial charge >= 0.3 is 5.97 Å². The molecular formula is C17H15FO3. The van der Waals surface area contributed by atoms with Gasteiger partial charge in [-0.1, -0.05) is 23.8 Å². The number of aliphatic carboxylic acids is 1. The minimum absolute atomic E-state index is 0.115. The molecule has 0 saturated carbocycles. The van der Waals surface area contributed by atoms with Crippen LogP contribution in [0.5, 0.6) is 11.5 Å². The molecule has 0 radical (unpaired) electrons. The van der Waals surface area contributed by atoms with Gasteiger partial charge in [-0.2, -0.15) is 0 Å². The molecule has 2 rings (SSSR count). The number of benzene rings is 2. The Hall–Kier alpha value is -2.62. The highest BCUT2D eigenvalue weighted by molar-refractivity contribution is 5.86. The van der Waals surface area contributed by atoms with Crippen LogP contribution in [0.3, 0.4) is 0 Å². The molecule has 21 heavy (non-hydrogen) atoms. The van der Waals surface area contributed by atoms with E-state index in [-0.39, 0.29) is 5.75 Å². The van der Waals surface area contributed by atoms with E-state index in [1.807, 2.05) is 13.0 Å². The topological polar surface area (TPSA) is 46.5 Å². The Bertz CT molecular complexity index is 705. The minimum atomic E-state index is -1.05. The van der Waals surface area contributed by atoms with Crippen LogP contribution in [0.4, 0.5) is 4.39 Å². The number of aryl methyl sites for hydroxylation is 2. The van der Waals surface area contributed by atoms with Crippen molar-refractivity contribution in [3.8, 4) is 11.5 Å². The van der Waals surface area contributed by atoms with Crippen LogP contribution in [0.25, 0.3) is 6.08 Å². The Labute approximate surface area is 122 Å². The summed E-state index contributed by atoms with van der Waals surface area (Å²) in [6, 6.07) is 10.2. The lowest BCUT2D eigenvalue weighted by molar-refractivity contribution is -0.131. The summed E-state index contributed by atoms with van der Waals surface area (Å²) < 4.78 is 19.6. The molecule has 108 valence electrons. The van der Waals surface area contributed by atoms with Gasteiger partial charge in [0.05, 0.1) is 0 Å². The van der Waals surface area contributed by atoms with Crippen LogP contribution in [-0.2, 0) is 4.79 Å². The van der Waals surface area contributed by atoms with Gasteiger partial charge in [0.15, 0.2) is 11.6 Å². The summed E-state index contributed by atoms with van der Waals surface area (Å²) in [6.07, 6.45) is 2.45. The molecule has 0 amide bonds. The van der Waals surface area contributed by atoms with Crippen molar-refractivity contribution in [2.75, 3.05) is 0 Å². The number of rotatable bonds is 4. The molecule has 0 aliphatic carbocycles. The van der Waals surface area contributed by atoms with E-state index in [4.69, 9.17) is 9.84 Å². The van der Waals surface area contributed by atoms with E-state index >= 15 is 0 Å². The highest BCUT2D eigenvalue weighted by Gasteiger charge is 2.09. The Morgan fingerprint density at radius 2 is 1.95 bits per heavy atom. The Balaban J connectivity index is 2.39. The molecule has 0 aromatic heterocycles. The highest BCUT2D eigenvalue weighted by Crippen LogP contribution is 2.30. The maximum Gasteiger partial charge on any atom is 0.328 e. The summed E-state index contributed by atoms with van der Waals surface area (Å²) in [4.78, 5) is 10.6. The predicted octanol–water partition coefficient (Wildman–Crippen LogP) is 4.33. The summed E-state index contributed by atoms with van der Waals surface area (Å²) in [5.41, 5.74) is 2.03. The van der Waals surface area contributed by atoms with E-state index in [2.05, 4.69) is 0 Å². The van der Waals surface area contributed by atoms with E-state index in [1.54, 1.807) is 31.2 Å². The van der Waals surface area contributed by atoms with E-state index in [9.17, 15) is 9.18 Å². The van der Waals surface area contributed by atoms with E-state index in [1.165, 1.54) is 12.1 Å². The zero-order valence-electron chi connectivity index (χ0n) is 11.8. The molecule has 1 N–H and O–H groups in total. The first kappa shape index (κ1) is 14.8. The monoisotopic (exact) mass is 286 g/mol. The zero-order chi connectivity index (χ0) is 15.4. The standard InChI is InChI=1S/C17H15FO3/c1-11-6-8-14(13(10-11)7-9-16(19)20)21-15-5-3-4-12(2)17(15)18/h3-10H,1-2H3,(H,19,20)/b9-7+. The summed E-state index contributed by atoms with van der Waals surface area (Å²) in [5, 5.41) is 8.72. The van der Waals surface area contributed by atoms with Gasteiger partial charge in [0.1, 0.15) is 5.75 Å². The number of halogens is 1. The Morgan fingerprint density at radius 1 is 1.19 bits per heavy atom. The van der Waals surface area contributed by atoms with Crippen LogP contribution < -0.4 is 4.74 Å². The van der Waals surface area contributed by atoms with Crippen LogP contribution in [0, 0.1) is 19.7 Å². The van der Waals surface area contributed by atoms with Gasteiger partial charge in [0, 0.05) is 11.6 Å². The smallest absolute Gasteiger partial charge is 0.328 e. The number of hydrogen-bond donors (Lipinski definition) is 1. The Morgan fingerprint density at radius 3 is 2.67 bits per heavy atom. The lowest BCUT2D eigenvalue weighted by atomic mass is 10.1. The molecule has 0 aliphatic heterocycles. The Kier molecular flexibility index (Phi) is 4.38. The second-order valence-corrected chi connectivity index (χ2v) is 4.70. The number of carboxylic acid groups (broad SMARTS) is 1. The molecule has 0 bridgehead atoms. The molecule has 0 atom stereocenters. The first-order valence-corrected chi connectivity index (χ1v) is 6.42. The maximum atomic E-state index is 14.0. The molecule has 3 nitrogen and oxygen atoms in total. The van der Waals surface area contributed by atoms with Crippen LogP contribution >= 0.6 is 0 Å². The molecule has 0 unspecified atom stereocenters. The summed E-state index contributed by atoms with van der Waals surface area (Å²) in [7, 11) is 0. The average Bonchev–Trinajstić information content (AvgIpc) is 2.43. The fourth-order valence-electron chi connectivity index (χ4n) is 1.87. The molecule has 0 saturated heterocycles. The van der Waals surface area contributed by atoms with Crippen molar-refractivity contribution >= 4 is 12.0 Å². The first-order valence-electron chi connectivity index (χ1n) is 6.42. The predicted molar refractivity (Wildman–Crippen MR) is 79.1 cm³/mol. The van der Waals surface area contributed by atoms with Gasteiger partial charge in [-0.3, -0.25) is 0 Å². The number of carbonyl (C=O) groups is 1. The van der Waals surface area contributed by atoms with Crippen LogP contribution in [-0.4, -0.2) is 11.1 Å². The zero-order valence-corrected chi connectivity index (χ0v) is 11.8. The lowest BCUT2D eigenvalue weighted by Crippen LogP contribution is -1.94. The number of hydrogen-bond acceptors (Lipinski definition) is 2. The van der Waals surface area contributed by atoms with Crippen molar-refractivity contribution < 1.29 is 19.0 Å². The van der Waals surface area contributed by atoms with Crippen molar-refractivity contribution in [2.24, 2.45) is 0 Å². The second kappa shape index (κ2) is 6.22. The van der Waals surface area contributed by atoms with Gasteiger partial charge in [0.25, 0.3) is 0 Å². The van der Waals surface area contributed by atoms with Gasteiger partial charge in [-0.15, -0.1) is 0 Å². The number of ether oxygens (including phenoxy) is 1. The largest absolute Gasteiger partial charge is 0.478 e. The van der Waals surface area contributed by atoms with Crippen molar-refractivity contribution in [1.82, 2.24) is 0 Å². The molecule has 0 heterocycles. The average molecular weight is 286 g/mol. The van der Waals surface area contributed by atoms with Crippen molar-refractivity contribution in [2.45, 2.75) is 13.8 Å². The summed E-state index contributed by atoms with van der Waals surface area (Å²) in [5.74, 6) is -0.957. The molecule has 2 aromatic rings. The summed E-state index contributed by atoms with van der Waals surface area (Å²) >= 11 is 0. The van der Waals surface area contributed by atoms with Crippen LogP contribution in [0.15, 0.2) is 42.5 Å². The third-order valence-electron chi connectivity index (χ3n) is 2.95. The van der Waals surface area contributed by atoms with Gasteiger partial charge in [-0.25, -0.2) is 9.18 Å². The normalized spacial score (nSPS) is 10.8. The SMILES string of the molecule is Cc1ccc(Oc2cccc(C)c2F)c(/C=C/C(=O)O)c1. The molecular weight excluding hydrogens is 271 g/mol. The van der Waals surface area contributed by atoms with Gasteiger partial charge in [0.2, 0.25) is 0 Å². The van der Waals surface area contributed by atoms with Gasteiger partial charge in [-0.05, 0) is 43.7 Å². The van der Waals surface area contributed by atoms with E-state index < -0.39 is 11.8 Å². The van der Waals surface area contributed by atoms with Gasteiger partial charge < -0.3 is 9.84 Å². The second-order valence-electron chi connectivity index (χ2n) is 4.70. The quantitative estimate of drug-likeness (QED) is 0.851. The maximum absolute atomic E-state index is 14.0. The molecule has 2 aromatic carbocycles. The fraction of sp³-hybridized carbons (Fsp3) is 0.118. The van der Waals surface area contributed by atoms with Crippen molar-refractivity contribution in [3.05, 3.63) is 65.0 Å². The third kappa shape index (κ3) is 3.69. The number of carboxylic acids is 1. The highest BCUT2D eigenvalue weighted by atomic mass is 19.1. The minimum Gasteiger partial charge on any atom is -0.478 e. The van der Waals surface area contributed by atoms with E-state index in [0.29, 0.717) is 16.9 Å². The fourth-order valence-corrected chi connectivity index (χ4v) is 1.87. The first-order chi connectivity index (χ1) is 9.97. The summed E-state index contributed by atoms with van der Waals surface area (Å²) in [6.45, 7) is 3.54. The molecule has 0 aliphatic rings. The van der Waals surface area contributed by atoms with E-state index in [0.717, 1.165) is 11.6 Å². The van der Waals surface area contributed by atoms with Crippen molar-refractivity contribution in [3.63, 3.8) is 0 Å². The molecule has 0 spiro atoms. The third-order valence-corrected chi connectivity index (χ3v) is 2.95. The molecule has 0 fully saturated rings. The van der Waals surface area contributed by atoms with Crippen LogP contribution in [0.1, 0.15) is 16.7 Å². The molecule has 4 heteroatoms. The lowest BCUT2D eigenvalue weighted by Gasteiger charge is -2.11. The van der Waals surface area contributed by atoms with Crippen LogP contribution in [0.2, 0.25) is 0 Å².